The maximum Gasteiger partial charge on any atom is 0.407 e. The molecule has 4 N–H and O–H groups in total. The van der Waals surface area contributed by atoms with Crippen LogP contribution in [0.15, 0.2) is 82.3 Å². The third kappa shape index (κ3) is 10.7. The predicted octanol–water partition coefficient (Wildman–Crippen LogP) is 6.96. The molecule has 2 amide bonds. The summed E-state index contributed by atoms with van der Waals surface area (Å²) in [6.07, 6.45) is 12.4. The van der Waals surface area contributed by atoms with Crippen LogP contribution in [0.3, 0.4) is 0 Å². The van der Waals surface area contributed by atoms with Gasteiger partial charge >= 0.3 is 6.09 Å². The van der Waals surface area contributed by atoms with E-state index >= 15 is 0 Å². The summed E-state index contributed by atoms with van der Waals surface area (Å²) in [4.78, 5) is 26.0. The van der Waals surface area contributed by atoms with Gasteiger partial charge < -0.3 is 20.3 Å². The van der Waals surface area contributed by atoms with Crippen molar-refractivity contribution in [2.75, 3.05) is 31.1 Å². The average Bonchev–Trinajstić information content (AvgIpc) is 3.43. The Kier molecular flexibility index (Phi) is 13.8. The van der Waals surface area contributed by atoms with Crippen LogP contribution in [-0.2, 0) is 40.6 Å². The molecule has 56 heavy (non-hydrogen) atoms. The van der Waals surface area contributed by atoms with Gasteiger partial charge in [0, 0.05) is 67.0 Å². The maximum atomic E-state index is 12.4. The van der Waals surface area contributed by atoms with Crippen LogP contribution in [-0.4, -0.2) is 80.0 Å². The van der Waals surface area contributed by atoms with Gasteiger partial charge in [-0.15, -0.1) is 0 Å². The molecule has 306 valence electrons. The van der Waals surface area contributed by atoms with Crippen LogP contribution in [0.25, 0.3) is 0 Å². The number of rotatable bonds is 16. The molecule has 2 aliphatic rings. The van der Waals surface area contributed by atoms with Gasteiger partial charge in [-0.05, 0) is 103 Å². The Morgan fingerprint density at radius 1 is 0.821 bits per heavy atom. The molecule has 0 radical (unpaired) electrons. The van der Waals surface area contributed by atoms with Gasteiger partial charge in [0.15, 0.2) is 5.71 Å². The molecule has 0 saturated heterocycles. The first-order chi connectivity index (χ1) is 26.0. The molecule has 0 spiro atoms. The van der Waals surface area contributed by atoms with Crippen LogP contribution in [0.5, 0.6) is 0 Å². The van der Waals surface area contributed by atoms with Gasteiger partial charge in [0.25, 0.3) is 20.2 Å². The van der Waals surface area contributed by atoms with E-state index in [0.717, 1.165) is 46.8 Å². The minimum Gasteiger partial charge on any atom is -0.444 e. The van der Waals surface area contributed by atoms with Gasteiger partial charge in [0.2, 0.25) is 11.6 Å². The Balaban J connectivity index is 1.44. The van der Waals surface area contributed by atoms with E-state index in [1.807, 2.05) is 65.0 Å². The zero-order valence-electron chi connectivity index (χ0n) is 33.7. The van der Waals surface area contributed by atoms with Crippen LogP contribution in [0.4, 0.5) is 16.2 Å². The molecule has 2 aromatic carbocycles. The summed E-state index contributed by atoms with van der Waals surface area (Å²) >= 11 is 0. The summed E-state index contributed by atoms with van der Waals surface area (Å²) in [7, 11) is -8.77. The largest absolute Gasteiger partial charge is 0.444 e. The first kappa shape index (κ1) is 44.4. The Hall–Kier alpha value is -4.31. The highest BCUT2D eigenvalue weighted by atomic mass is 32.2. The van der Waals surface area contributed by atoms with Gasteiger partial charge in [-0.3, -0.25) is 13.9 Å². The number of alkyl carbamates (subject to hydrolysis) is 1. The first-order valence-corrected chi connectivity index (χ1v) is 21.8. The topological polar surface area (TPSA) is 182 Å². The van der Waals surface area contributed by atoms with Crippen molar-refractivity contribution in [1.29, 1.82) is 0 Å². The lowest BCUT2D eigenvalue weighted by molar-refractivity contribution is -0.438. The number of hydrogen-bond donors (Lipinski definition) is 4. The molecule has 0 aliphatic carbocycles. The maximum absolute atomic E-state index is 12.4. The predicted molar refractivity (Wildman–Crippen MR) is 218 cm³/mol. The molecular weight excluding hydrogens is 757 g/mol. The van der Waals surface area contributed by atoms with E-state index in [2.05, 4.69) is 20.1 Å². The fourth-order valence-corrected chi connectivity index (χ4v) is 8.22. The zero-order valence-corrected chi connectivity index (χ0v) is 35.3. The minimum atomic E-state index is -4.41. The van der Waals surface area contributed by atoms with E-state index in [1.165, 1.54) is 24.3 Å². The summed E-state index contributed by atoms with van der Waals surface area (Å²) in [5.74, 6) is -0.0561. The van der Waals surface area contributed by atoms with E-state index in [-0.39, 0.29) is 15.7 Å². The molecule has 0 aromatic heterocycles. The number of nitrogens with one attached hydrogen (secondary N) is 2. The van der Waals surface area contributed by atoms with E-state index in [4.69, 9.17) is 4.74 Å². The lowest BCUT2D eigenvalue weighted by atomic mass is 9.81. The van der Waals surface area contributed by atoms with Crippen molar-refractivity contribution in [3.8, 4) is 0 Å². The van der Waals surface area contributed by atoms with Gasteiger partial charge in [0.05, 0.1) is 15.2 Å². The average molecular weight is 814 g/mol. The van der Waals surface area contributed by atoms with Gasteiger partial charge in [0.1, 0.15) is 12.1 Å². The number of unbranched alkanes of at least 4 members (excludes halogenated alkanes) is 2. The fraction of sp³-hybridized carbons (Fsp3) is 0.488. The lowest BCUT2D eigenvalue weighted by Gasteiger charge is -2.25. The Morgan fingerprint density at radius 3 is 2.07 bits per heavy atom. The molecule has 15 heteroatoms. The van der Waals surface area contributed by atoms with Crippen LogP contribution >= 0.6 is 0 Å². The number of allylic oxidation sites excluding steroid dienone is 6. The second-order valence-corrected chi connectivity index (χ2v) is 18.9. The second-order valence-electron chi connectivity index (χ2n) is 16.1. The Bertz CT molecular complexity index is 2160. The minimum absolute atomic E-state index is 0.0561. The summed E-state index contributed by atoms with van der Waals surface area (Å²) < 4.78 is 74.7. The fourth-order valence-electron chi connectivity index (χ4n) is 7.21. The van der Waals surface area contributed by atoms with Gasteiger partial charge in [-0.2, -0.15) is 21.4 Å². The molecular formula is C41H57N4O9S2+. The number of nitrogens with zero attached hydrogens (tertiary/aromatic N) is 2. The molecule has 0 saturated carbocycles. The van der Waals surface area contributed by atoms with Gasteiger partial charge in [-0.25, -0.2) is 4.79 Å². The van der Waals surface area contributed by atoms with E-state index in [9.17, 15) is 35.5 Å². The summed E-state index contributed by atoms with van der Waals surface area (Å²) in [6, 6.07) is 9.31. The van der Waals surface area contributed by atoms with Crippen LogP contribution in [0.2, 0.25) is 0 Å². The van der Waals surface area contributed by atoms with Crippen LogP contribution < -0.4 is 15.5 Å². The number of carbonyl (C=O) groups excluding carboxylic acids is 2. The molecule has 0 bridgehead atoms. The SMILES string of the molecule is CCN1/C(=C/C=C/C=C/C2=[N+](CCCCCC(=O)NCCCNC(=O)OC(C)(C)C)c3ccc(S(=O)(=O)O)cc3C2(C)C)C(C)(C)c2cc(S(=O)(=O)O)ccc21. The molecule has 0 atom stereocenters. The standard InChI is InChI=1S/C41H56N4O9S2/c1-9-44-33-22-20-29(55(48,49)50)27-31(33)40(5,6)35(44)17-12-10-13-18-36-41(7,8)32-28-30(56(51,52)53)21-23-34(32)45(36)26-15-11-14-19-37(46)42-24-16-25-43-38(47)54-39(2,3)4/h10,12-13,17-18,20-23,27-28H,9,11,14-16,19,24-26H2,1-8H3,(H3-,42,43,46,47,48,49,50,51,52,53)/p+1. The summed E-state index contributed by atoms with van der Waals surface area (Å²) in [5.41, 5.74) is 3.50. The second kappa shape index (κ2) is 17.5. The number of carbonyl (C=O) groups is 2. The number of anilines is 1. The lowest BCUT2D eigenvalue weighted by Crippen LogP contribution is -2.34. The molecule has 13 nitrogen and oxygen atoms in total. The zero-order chi connectivity index (χ0) is 41.7. The number of hydrogen-bond acceptors (Lipinski definition) is 8. The summed E-state index contributed by atoms with van der Waals surface area (Å²) in [6.45, 7) is 17.6. The molecule has 2 heterocycles. The number of amides is 2. The monoisotopic (exact) mass is 813 g/mol. The smallest absolute Gasteiger partial charge is 0.407 e. The molecule has 4 rings (SSSR count). The highest BCUT2D eigenvalue weighted by Gasteiger charge is 2.45. The van der Waals surface area contributed by atoms with Crippen molar-refractivity contribution >= 4 is 49.3 Å². The quantitative estimate of drug-likeness (QED) is 0.0599. The normalized spacial score (nSPS) is 17.2. The number of likely N-dealkylation sites (N-methyl/N-ethyl adjacent to an activating group) is 1. The summed E-state index contributed by atoms with van der Waals surface area (Å²) in [5, 5.41) is 5.57. The highest BCUT2D eigenvalue weighted by molar-refractivity contribution is 7.86. The van der Waals surface area contributed by atoms with E-state index in [0.29, 0.717) is 45.4 Å². The molecule has 2 aliphatic heterocycles. The molecule has 0 unspecified atom stereocenters. The van der Waals surface area contributed by atoms with Gasteiger partial charge in [-0.1, -0.05) is 32.1 Å². The number of benzene rings is 2. The van der Waals surface area contributed by atoms with Crippen molar-refractivity contribution in [3.63, 3.8) is 0 Å². The third-order valence-electron chi connectivity index (χ3n) is 10.00. The van der Waals surface area contributed by atoms with Crippen LogP contribution in [0, 0.1) is 0 Å². The van der Waals surface area contributed by atoms with Crippen molar-refractivity contribution in [3.05, 3.63) is 83.6 Å². The highest BCUT2D eigenvalue weighted by Crippen LogP contribution is 2.48. The first-order valence-electron chi connectivity index (χ1n) is 18.9. The van der Waals surface area contributed by atoms with E-state index in [1.54, 1.807) is 32.9 Å². The van der Waals surface area contributed by atoms with E-state index < -0.39 is 42.8 Å². The van der Waals surface area contributed by atoms with Crippen molar-refractivity contribution in [1.82, 2.24) is 10.6 Å². The van der Waals surface area contributed by atoms with Crippen molar-refractivity contribution in [2.24, 2.45) is 0 Å². The molecule has 2 aromatic rings. The number of fused-ring (bicyclic) bond motifs is 2. The van der Waals surface area contributed by atoms with Crippen molar-refractivity contribution in [2.45, 2.75) is 114 Å². The molecule has 0 fully saturated rings. The Labute approximate surface area is 332 Å². The number of ether oxygens (including phenoxy) is 1. The van der Waals surface area contributed by atoms with Crippen molar-refractivity contribution < 1.29 is 44.8 Å². The van der Waals surface area contributed by atoms with Crippen LogP contribution in [0.1, 0.15) is 98.6 Å². The third-order valence-corrected chi connectivity index (χ3v) is 11.7. The Morgan fingerprint density at radius 2 is 1.45 bits per heavy atom.